The predicted molar refractivity (Wildman–Crippen MR) is 98.0 cm³/mol. The Morgan fingerprint density at radius 1 is 1.37 bits per heavy atom. The molecule has 0 spiro atoms. The van der Waals surface area contributed by atoms with Crippen LogP contribution in [0.5, 0.6) is 0 Å². The van der Waals surface area contributed by atoms with Crippen molar-refractivity contribution in [3.05, 3.63) is 37.6 Å². The van der Waals surface area contributed by atoms with Gasteiger partial charge in [-0.05, 0) is 38.2 Å². The minimum absolute atomic E-state index is 0.0702. The van der Waals surface area contributed by atoms with E-state index in [0.29, 0.717) is 6.42 Å². The molecule has 0 fully saturated rings. The molecule has 0 atom stereocenters. The van der Waals surface area contributed by atoms with Crippen molar-refractivity contribution in [3.8, 4) is 11.1 Å². The molecule has 2 heterocycles. The summed E-state index contributed by atoms with van der Waals surface area (Å²) in [5.74, 6) is -1.55. The first kappa shape index (κ1) is 18.6. The van der Waals surface area contributed by atoms with Crippen molar-refractivity contribution in [3.63, 3.8) is 0 Å². The molecule has 0 unspecified atom stereocenters. The fourth-order valence-corrected chi connectivity index (χ4v) is 4.43. The summed E-state index contributed by atoms with van der Waals surface area (Å²) in [4.78, 5) is 37.9. The number of hydrogen-bond donors (Lipinski definition) is 2. The number of fused-ring (bicyclic) bond motifs is 1. The zero-order valence-electron chi connectivity index (χ0n) is 14.6. The van der Waals surface area contributed by atoms with E-state index in [1.54, 1.807) is 13.0 Å². The molecule has 1 aliphatic carbocycles. The number of nitriles is 1. The molecule has 9 nitrogen and oxygen atoms in total. The average Bonchev–Trinajstić information content (AvgIpc) is 3.01. The van der Waals surface area contributed by atoms with Crippen LogP contribution >= 0.6 is 11.3 Å². The van der Waals surface area contributed by atoms with E-state index in [9.17, 15) is 19.6 Å². The number of anilines is 1. The highest BCUT2D eigenvalue weighted by Crippen LogP contribution is 2.36. The van der Waals surface area contributed by atoms with E-state index in [-0.39, 0.29) is 28.6 Å². The van der Waals surface area contributed by atoms with Crippen LogP contribution in [0, 0.1) is 11.3 Å². The minimum Gasteiger partial charge on any atom is -0.461 e. The van der Waals surface area contributed by atoms with Crippen LogP contribution in [-0.4, -0.2) is 28.3 Å². The Labute approximate surface area is 158 Å². The van der Waals surface area contributed by atoms with Crippen LogP contribution in [0.15, 0.2) is 4.79 Å². The Hall–Kier alpha value is -3.19. The number of hydrogen-bond acceptors (Lipinski definition) is 8. The van der Waals surface area contributed by atoms with Gasteiger partial charge in [-0.2, -0.15) is 15.0 Å². The molecule has 1 amide bonds. The molecule has 0 aliphatic heterocycles. The third-order valence-electron chi connectivity index (χ3n) is 4.30. The lowest BCUT2D eigenvalue weighted by Crippen LogP contribution is -2.30. The summed E-state index contributed by atoms with van der Waals surface area (Å²) in [7, 11) is 0. The van der Waals surface area contributed by atoms with Crippen molar-refractivity contribution < 1.29 is 14.3 Å². The Balaban J connectivity index is 2.33. The van der Waals surface area contributed by atoms with Crippen LogP contribution in [0.4, 0.5) is 5.69 Å². The smallest absolute Gasteiger partial charge is 0.361 e. The van der Waals surface area contributed by atoms with Gasteiger partial charge in [0.05, 0.1) is 17.9 Å². The molecule has 0 bridgehead atoms. The number of nitrogens with two attached hydrogens (primary N) is 2. The molecule has 2 aromatic heterocycles. The van der Waals surface area contributed by atoms with E-state index in [1.807, 2.05) is 0 Å². The molecule has 0 aromatic carbocycles. The molecule has 140 valence electrons. The van der Waals surface area contributed by atoms with Gasteiger partial charge in [-0.3, -0.25) is 9.59 Å². The van der Waals surface area contributed by atoms with Crippen LogP contribution in [0.1, 0.15) is 56.6 Å². The highest BCUT2D eigenvalue weighted by Gasteiger charge is 2.29. The standard InChI is InChI=1S/C17H17N5O4S/c1-2-26-17(25)13-12(19)9(7-18)15(24)22(21-13)16-11(14(20)23)8-5-3-4-6-10(8)27-16/h2-6,19H2,1H3,(H2,20,23). The first-order valence-corrected chi connectivity index (χ1v) is 9.17. The second-order valence-corrected chi connectivity index (χ2v) is 7.03. The number of nitrogens with zero attached hydrogens (tertiary/aromatic N) is 3. The first-order chi connectivity index (χ1) is 12.9. The Morgan fingerprint density at radius 3 is 2.70 bits per heavy atom. The number of aryl methyl sites for hydroxylation is 1. The van der Waals surface area contributed by atoms with E-state index >= 15 is 0 Å². The maximum absolute atomic E-state index is 12.7. The average molecular weight is 387 g/mol. The van der Waals surface area contributed by atoms with Crippen molar-refractivity contribution in [1.29, 1.82) is 5.26 Å². The van der Waals surface area contributed by atoms with E-state index in [1.165, 1.54) is 11.3 Å². The second-order valence-electron chi connectivity index (χ2n) is 5.94. The highest BCUT2D eigenvalue weighted by molar-refractivity contribution is 7.15. The van der Waals surface area contributed by atoms with Gasteiger partial charge in [-0.25, -0.2) is 4.79 Å². The van der Waals surface area contributed by atoms with Crippen molar-refractivity contribution in [2.45, 2.75) is 32.6 Å². The quantitative estimate of drug-likeness (QED) is 0.739. The van der Waals surface area contributed by atoms with Crippen LogP contribution in [0.3, 0.4) is 0 Å². The van der Waals surface area contributed by atoms with E-state index < -0.39 is 23.0 Å². The largest absolute Gasteiger partial charge is 0.461 e. The normalized spacial score (nSPS) is 12.9. The fourth-order valence-electron chi connectivity index (χ4n) is 3.09. The van der Waals surface area contributed by atoms with Gasteiger partial charge >= 0.3 is 5.97 Å². The molecule has 0 saturated carbocycles. The number of esters is 1. The number of primary amides is 1. The number of nitrogen functional groups attached to an aromatic ring is 1. The molecule has 4 N–H and O–H groups in total. The van der Waals surface area contributed by atoms with Gasteiger partial charge in [0.1, 0.15) is 16.6 Å². The van der Waals surface area contributed by atoms with Gasteiger partial charge in [0.2, 0.25) is 0 Å². The summed E-state index contributed by atoms with van der Waals surface area (Å²) < 4.78 is 5.77. The molecule has 2 aromatic rings. The van der Waals surface area contributed by atoms with Gasteiger partial charge in [-0.1, -0.05) is 0 Å². The third kappa shape index (κ3) is 3.06. The molecular formula is C17H17N5O4S. The van der Waals surface area contributed by atoms with Gasteiger partial charge in [-0.15, -0.1) is 11.3 Å². The molecule has 3 rings (SSSR count). The van der Waals surface area contributed by atoms with E-state index in [4.69, 9.17) is 16.2 Å². The Morgan fingerprint density at radius 2 is 2.07 bits per heavy atom. The van der Waals surface area contributed by atoms with E-state index in [0.717, 1.165) is 34.4 Å². The Kier molecular flexibility index (Phi) is 4.96. The molecular weight excluding hydrogens is 370 g/mol. The van der Waals surface area contributed by atoms with Gasteiger partial charge < -0.3 is 16.2 Å². The van der Waals surface area contributed by atoms with Crippen molar-refractivity contribution >= 4 is 28.9 Å². The maximum atomic E-state index is 12.7. The van der Waals surface area contributed by atoms with Crippen LogP contribution < -0.4 is 17.0 Å². The molecule has 0 radical (unpaired) electrons. The van der Waals surface area contributed by atoms with Crippen LogP contribution in [0.25, 0.3) is 5.00 Å². The zero-order valence-corrected chi connectivity index (χ0v) is 15.4. The summed E-state index contributed by atoms with van der Waals surface area (Å²) >= 11 is 1.21. The predicted octanol–water partition coefficient (Wildman–Crippen LogP) is 0.902. The molecule has 1 aliphatic rings. The number of carbonyl (C=O) groups excluding carboxylic acids is 2. The number of rotatable bonds is 4. The summed E-state index contributed by atoms with van der Waals surface area (Å²) in [6, 6.07) is 1.70. The first-order valence-electron chi connectivity index (χ1n) is 8.35. The lowest BCUT2D eigenvalue weighted by molar-refractivity contribution is 0.0518. The van der Waals surface area contributed by atoms with E-state index in [2.05, 4.69) is 5.10 Å². The number of amides is 1. The molecule has 10 heteroatoms. The molecule has 27 heavy (non-hydrogen) atoms. The topological polar surface area (TPSA) is 154 Å². The monoisotopic (exact) mass is 387 g/mol. The minimum atomic E-state index is -0.859. The fraction of sp³-hybridized carbons (Fsp3) is 0.353. The summed E-state index contributed by atoms with van der Waals surface area (Å²) in [5.41, 5.74) is 10.4. The van der Waals surface area contributed by atoms with Crippen molar-refractivity contribution in [2.24, 2.45) is 5.73 Å². The number of aromatic nitrogens is 2. The highest BCUT2D eigenvalue weighted by atomic mass is 32.1. The SMILES string of the molecule is CCOC(=O)c1nn(-c2sc3c(c2C(N)=O)CCCC3)c(=O)c(C#N)c1N. The third-order valence-corrected chi connectivity index (χ3v) is 5.57. The van der Waals surface area contributed by atoms with Crippen LogP contribution in [-0.2, 0) is 17.6 Å². The number of carbonyl (C=O) groups is 2. The number of ether oxygens (including phenoxy) is 1. The summed E-state index contributed by atoms with van der Waals surface area (Å²) in [6.45, 7) is 1.68. The number of thiophene rings is 1. The Bertz CT molecular complexity index is 1050. The summed E-state index contributed by atoms with van der Waals surface area (Å²) in [5, 5.41) is 13.5. The van der Waals surface area contributed by atoms with Gasteiger partial charge in [0.15, 0.2) is 5.69 Å². The van der Waals surface area contributed by atoms with Crippen molar-refractivity contribution in [1.82, 2.24) is 9.78 Å². The molecule has 0 saturated heterocycles. The lowest BCUT2D eigenvalue weighted by atomic mass is 9.95. The second kappa shape index (κ2) is 7.20. The van der Waals surface area contributed by atoms with Gasteiger partial charge in [0, 0.05) is 4.88 Å². The maximum Gasteiger partial charge on any atom is 0.361 e. The lowest BCUT2D eigenvalue weighted by Gasteiger charge is -2.12. The van der Waals surface area contributed by atoms with Crippen molar-refractivity contribution in [2.75, 3.05) is 12.3 Å². The van der Waals surface area contributed by atoms with Gasteiger partial charge in [0.25, 0.3) is 11.5 Å². The van der Waals surface area contributed by atoms with Crippen LogP contribution in [0.2, 0.25) is 0 Å². The summed E-state index contributed by atoms with van der Waals surface area (Å²) in [6.07, 6.45) is 3.31. The zero-order chi connectivity index (χ0) is 19.7.